The van der Waals surface area contributed by atoms with Crippen molar-refractivity contribution in [3.8, 4) is 0 Å². The zero-order valence-electron chi connectivity index (χ0n) is 10.5. The SMILES string of the molecule is [B][C@]1(c2ccccc2)CCC[C@H]1c1ccccc1. The van der Waals surface area contributed by atoms with Crippen LogP contribution in [0.1, 0.15) is 36.3 Å². The molecule has 2 aromatic carbocycles. The molecule has 0 saturated heterocycles. The summed E-state index contributed by atoms with van der Waals surface area (Å²) in [7, 11) is 6.76. The van der Waals surface area contributed by atoms with Gasteiger partial charge in [0.2, 0.25) is 0 Å². The number of rotatable bonds is 2. The molecule has 0 spiro atoms. The molecule has 0 amide bonds. The predicted molar refractivity (Wildman–Crippen MR) is 76.9 cm³/mol. The van der Waals surface area contributed by atoms with Crippen LogP contribution in [-0.2, 0) is 5.31 Å². The number of hydrogen-bond donors (Lipinski definition) is 0. The Morgan fingerprint density at radius 1 is 0.889 bits per heavy atom. The fourth-order valence-corrected chi connectivity index (χ4v) is 3.27. The molecule has 0 N–H and O–H groups in total. The largest absolute Gasteiger partial charge is 0.0818 e. The summed E-state index contributed by atoms with van der Waals surface area (Å²) in [5.41, 5.74) is 2.65. The second kappa shape index (κ2) is 4.64. The third-order valence-electron chi connectivity index (χ3n) is 4.22. The van der Waals surface area contributed by atoms with Gasteiger partial charge in [-0.15, -0.1) is 0 Å². The molecule has 2 atom stereocenters. The lowest BCUT2D eigenvalue weighted by Crippen LogP contribution is -2.29. The highest BCUT2D eigenvalue weighted by atomic mass is 14.4. The van der Waals surface area contributed by atoms with Gasteiger partial charge in [-0.3, -0.25) is 0 Å². The molecule has 2 radical (unpaired) electrons. The zero-order chi connectivity index (χ0) is 12.4. The van der Waals surface area contributed by atoms with E-state index >= 15 is 0 Å². The van der Waals surface area contributed by atoms with Crippen molar-refractivity contribution in [3.63, 3.8) is 0 Å². The predicted octanol–water partition coefficient (Wildman–Crippen LogP) is 4.02. The average Bonchev–Trinajstić information content (AvgIpc) is 2.84. The van der Waals surface area contributed by atoms with Crippen molar-refractivity contribution in [2.45, 2.75) is 30.5 Å². The summed E-state index contributed by atoms with van der Waals surface area (Å²) >= 11 is 0. The molecule has 1 heteroatoms. The Balaban J connectivity index is 2.01. The van der Waals surface area contributed by atoms with Gasteiger partial charge in [0.05, 0.1) is 7.85 Å². The minimum Gasteiger partial charge on any atom is -0.0622 e. The fourth-order valence-electron chi connectivity index (χ4n) is 3.27. The minimum atomic E-state index is -0.192. The van der Waals surface area contributed by atoms with Crippen LogP contribution in [0.5, 0.6) is 0 Å². The van der Waals surface area contributed by atoms with Crippen LogP contribution in [0.3, 0.4) is 0 Å². The Kier molecular flexibility index (Phi) is 2.99. The maximum absolute atomic E-state index is 6.76. The van der Waals surface area contributed by atoms with Gasteiger partial charge >= 0.3 is 0 Å². The van der Waals surface area contributed by atoms with Crippen LogP contribution < -0.4 is 0 Å². The first kappa shape index (κ1) is 11.6. The van der Waals surface area contributed by atoms with Crippen molar-refractivity contribution in [3.05, 3.63) is 71.8 Å². The van der Waals surface area contributed by atoms with Crippen LogP contribution in [0, 0.1) is 0 Å². The van der Waals surface area contributed by atoms with Crippen LogP contribution >= 0.6 is 0 Å². The molecule has 0 aromatic heterocycles. The Hall–Kier alpha value is -1.50. The van der Waals surface area contributed by atoms with Gasteiger partial charge in [-0.25, -0.2) is 0 Å². The third-order valence-corrected chi connectivity index (χ3v) is 4.22. The van der Waals surface area contributed by atoms with Crippen molar-refractivity contribution in [2.24, 2.45) is 0 Å². The normalized spacial score (nSPS) is 27.2. The summed E-state index contributed by atoms with van der Waals surface area (Å²) in [5, 5.41) is -0.192. The van der Waals surface area contributed by atoms with Crippen LogP contribution in [-0.4, -0.2) is 7.85 Å². The first-order valence-corrected chi connectivity index (χ1v) is 6.70. The molecule has 3 rings (SSSR count). The van der Waals surface area contributed by atoms with E-state index < -0.39 is 0 Å². The molecule has 0 heterocycles. The van der Waals surface area contributed by atoms with E-state index in [9.17, 15) is 0 Å². The molecule has 18 heavy (non-hydrogen) atoms. The number of benzene rings is 2. The maximum Gasteiger partial charge on any atom is 0.0818 e. The summed E-state index contributed by atoms with van der Waals surface area (Å²) in [5.74, 6) is 0.445. The lowest BCUT2D eigenvalue weighted by atomic mass is 9.57. The number of hydrogen-bond acceptors (Lipinski definition) is 0. The highest BCUT2D eigenvalue weighted by Gasteiger charge is 2.39. The molecule has 0 aliphatic heterocycles. The summed E-state index contributed by atoms with van der Waals surface area (Å²) < 4.78 is 0. The fraction of sp³-hybridized carbons (Fsp3) is 0.294. The van der Waals surface area contributed by atoms with Gasteiger partial charge in [-0.1, -0.05) is 73.5 Å². The zero-order valence-corrected chi connectivity index (χ0v) is 10.5. The van der Waals surface area contributed by atoms with Gasteiger partial charge in [0.15, 0.2) is 0 Å². The Morgan fingerprint density at radius 2 is 1.50 bits per heavy atom. The lowest BCUT2D eigenvalue weighted by molar-refractivity contribution is 0.553. The second-order valence-corrected chi connectivity index (χ2v) is 5.26. The highest BCUT2D eigenvalue weighted by molar-refractivity contribution is 6.16. The van der Waals surface area contributed by atoms with Crippen molar-refractivity contribution in [1.82, 2.24) is 0 Å². The van der Waals surface area contributed by atoms with Gasteiger partial charge in [-0.05, 0) is 28.8 Å². The van der Waals surface area contributed by atoms with Crippen LogP contribution in [0.4, 0.5) is 0 Å². The highest BCUT2D eigenvalue weighted by Crippen LogP contribution is 2.48. The van der Waals surface area contributed by atoms with E-state index in [2.05, 4.69) is 60.7 Å². The molecule has 1 fully saturated rings. The quantitative estimate of drug-likeness (QED) is 0.686. The smallest absolute Gasteiger partial charge is 0.0622 e. The van der Waals surface area contributed by atoms with E-state index in [0.717, 1.165) is 6.42 Å². The van der Waals surface area contributed by atoms with Gasteiger partial charge in [0.1, 0.15) is 0 Å². The average molecular weight is 232 g/mol. The van der Waals surface area contributed by atoms with E-state index in [4.69, 9.17) is 7.85 Å². The maximum atomic E-state index is 6.76. The van der Waals surface area contributed by atoms with Gasteiger partial charge < -0.3 is 0 Å². The molecule has 1 aliphatic rings. The van der Waals surface area contributed by atoms with Crippen LogP contribution in [0.25, 0.3) is 0 Å². The molecular formula is C17H17B. The van der Waals surface area contributed by atoms with E-state index in [1.165, 1.54) is 24.0 Å². The Morgan fingerprint density at radius 3 is 2.17 bits per heavy atom. The van der Waals surface area contributed by atoms with Crippen molar-refractivity contribution < 1.29 is 0 Å². The van der Waals surface area contributed by atoms with Crippen molar-refractivity contribution >= 4 is 7.85 Å². The van der Waals surface area contributed by atoms with E-state index in [1.54, 1.807) is 0 Å². The summed E-state index contributed by atoms with van der Waals surface area (Å²) in [6.45, 7) is 0. The van der Waals surface area contributed by atoms with E-state index in [0.29, 0.717) is 5.92 Å². The molecule has 2 aromatic rings. The molecule has 88 valence electrons. The first-order chi connectivity index (χ1) is 8.81. The van der Waals surface area contributed by atoms with Crippen molar-refractivity contribution in [1.29, 1.82) is 0 Å². The standard InChI is InChI=1S/C17H17B/c18-17(15-10-5-2-6-11-15)13-7-12-16(17)14-8-3-1-4-9-14/h1-6,8-11,16H,7,12-13H2/t16-,17-/m0/s1. The Bertz CT molecular complexity index is 506. The molecule has 0 unspecified atom stereocenters. The molecular weight excluding hydrogens is 215 g/mol. The summed E-state index contributed by atoms with van der Waals surface area (Å²) in [6.07, 6.45) is 3.48. The van der Waals surface area contributed by atoms with Gasteiger partial charge in [0, 0.05) is 0 Å². The van der Waals surface area contributed by atoms with Gasteiger partial charge in [-0.2, -0.15) is 0 Å². The summed E-state index contributed by atoms with van der Waals surface area (Å²) in [4.78, 5) is 0. The molecule has 0 bridgehead atoms. The van der Waals surface area contributed by atoms with E-state index in [-0.39, 0.29) is 5.31 Å². The summed E-state index contributed by atoms with van der Waals surface area (Å²) in [6, 6.07) is 21.3. The molecule has 0 nitrogen and oxygen atoms in total. The topological polar surface area (TPSA) is 0 Å². The van der Waals surface area contributed by atoms with Crippen LogP contribution in [0.15, 0.2) is 60.7 Å². The first-order valence-electron chi connectivity index (χ1n) is 6.70. The third kappa shape index (κ3) is 1.88. The second-order valence-electron chi connectivity index (χ2n) is 5.26. The molecule has 1 saturated carbocycles. The minimum absolute atomic E-state index is 0.192. The van der Waals surface area contributed by atoms with Crippen LogP contribution in [0.2, 0.25) is 0 Å². The Labute approximate surface area is 110 Å². The van der Waals surface area contributed by atoms with Crippen molar-refractivity contribution in [2.75, 3.05) is 0 Å². The lowest BCUT2D eigenvalue weighted by Gasteiger charge is -2.33. The molecule has 1 aliphatic carbocycles. The van der Waals surface area contributed by atoms with Gasteiger partial charge in [0.25, 0.3) is 0 Å². The van der Waals surface area contributed by atoms with E-state index in [1.807, 2.05) is 0 Å². The monoisotopic (exact) mass is 232 g/mol.